The van der Waals surface area contributed by atoms with Gasteiger partial charge in [-0.2, -0.15) is 0 Å². The minimum atomic E-state index is -0.739. The lowest BCUT2D eigenvalue weighted by molar-refractivity contribution is -0.139. The standard InChI is InChI=1S/C21H19BrN2O4/c1-13(25)23-11-12-24-18(14-7-9-16(22)10-8-14)17(20(27)21(24)28)19(26)15-5-3-2-4-6-15/h2-10,18,26H,11-12H2,1H3,(H,23,25)/b19-17+/t18-/m1/s1. The Kier molecular flexibility index (Phi) is 5.94. The number of ketones is 1. The third kappa shape index (κ3) is 3.99. The molecule has 3 rings (SSSR count). The van der Waals surface area contributed by atoms with Crippen LogP contribution in [0.25, 0.3) is 5.76 Å². The first kappa shape index (κ1) is 19.8. The second kappa shape index (κ2) is 8.39. The number of nitrogens with zero attached hydrogens (tertiary/aromatic N) is 1. The number of carbonyl (C=O) groups excluding carboxylic acids is 3. The van der Waals surface area contributed by atoms with E-state index in [0.717, 1.165) is 4.47 Å². The SMILES string of the molecule is CC(=O)NCCN1C(=O)C(=O)/C(=C(/O)c2ccccc2)[C@H]1c1ccc(Br)cc1. The first-order valence-electron chi connectivity index (χ1n) is 8.74. The molecular weight excluding hydrogens is 424 g/mol. The molecule has 1 heterocycles. The zero-order valence-corrected chi connectivity index (χ0v) is 16.8. The average Bonchev–Trinajstić information content (AvgIpc) is 2.93. The Bertz CT molecular complexity index is 939. The number of hydrogen-bond donors (Lipinski definition) is 2. The smallest absolute Gasteiger partial charge is 0.295 e. The predicted octanol–water partition coefficient (Wildman–Crippen LogP) is 3.01. The van der Waals surface area contributed by atoms with E-state index in [4.69, 9.17) is 0 Å². The number of hydrogen-bond acceptors (Lipinski definition) is 4. The van der Waals surface area contributed by atoms with Crippen molar-refractivity contribution in [2.24, 2.45) is 0 Å². The van der Waals surface area contributed by atoms with E-state index in [0.29, 0.717) is 11.1 Å². The van der Waals surface area contributed by atoms with Gasteiger partial charge in [-0.15, -0.1) is 0 Å². The van der Waals surface area contributed by atoms with Crippen molar-refractivity contribution < 1.29 is 19.5 Å². The molecule has 1 atom stereocenters. The average molecular weight is 443 g/mol. The van der Waals surface area contributed by atoms with Crippen LogP contribution in [0, 0.1) is 0 Å². The van der Waals surface area contributed by atoms with E-state index in [1.54, 1.807) is 42.5 Å². The number of nitrogens with one attached hydrogen (secondary N) is 1. The molecule has 144 valence electrons. The predicted molar refractivity (Wildman–Crippen MR) is 108 cm³/mol. The summed E-state index contributed by atoms with van der Waals surface area (Å²) in [5.74, 6) is -1.87. The van der Waals surface area contributed by atoms with Crippen LogP contribution in [0.15, 0.2) is 64.6 Å². The Morgan fingerprint density at radius 3 is 2.36 bits per heavy atom. The number of Topliss-reactive ketones (excluding diaryl/α,β-unsaturated/α-hetero) is 1. The molecule has 1 saturated heterocycles. The van der Waals surface area contributed by atoms with E-state index >= 15 is 0 Å². The monoisotopic (exact) mass is 442 g/mol. The van der Waals surface area contributed by atoms with Gasteiger partial charge in [0.25, 0.3) is 11.7 Å². The van der Waals surface area contributed by atoms with Gasteiger partial charge in [-0.3, -0.25) is 14.4 Å². The lowest BCUT2D eigenvalue weighted by atomic mass is 9.95. The molecule has 28 heavy (non-hydrogen) atoms. The Labute approximate surface area is 171 Å². The number of amides is 2. The number of aliphatic hydroxyl groups is 1. The second-order valence-corrected chi connectivity index (χ2v) is 7.31. The van der Waals surface area contributed by atoms with Crippen molar-refractivity contribution in [3.63, 3.8) is 0 Å². The fourth-order valence-corrected chi connectivity index (χ4v) is 3.47. The van der Waals surface area contributed by atoms with Crippen LogP contribution in [0.2, 0.25) is 0 Å². The van der Waals surface area contributed by atoms with Gasteiger partial charge in [0, 0.05) is 30.0 Å². The Morgan fingerprint density at radius 2 is 1.75 bits per heavy atom. The Hall–Kier alpha value is -2.93. The maximum atomic E-state index is 12.8. The summed E-state index contributed by atoms with van der Waals surface area (Å²) in [6.07, 6.45) is 0. The highest BCUT2D eigenvalue weighted by atomic mass is 79.9. The molecule has 0 spiro atoms. The molecule has 6 nitrogen and oxygen atoms in total. The minimum Gasteiger partial charge on any atom is -0.507 e. The highest BCUT2D eigenvalue weighted by Gasteiger charge is 2.45. The van der Waals surface area contributed by atoms with Gasteiger partial charge in [0.1, 0.15) is 5.76 Å². The molecule has 0 aromatic heterocycles. The van der Waals surface area contributed by atoms with Crippen LogP contribution < -0.4 is 5.32 Å². The van der Waals surface area contributed by atoms with Gasteiger partial charge >= 0.3 is 0 Å². The molecule has 0 bridgehead atoms. The Morgan fingerprint density at radius 1 is 1.11 bits per heavy atom. The highest BCUT2D eigenvalue weighted by molar-refractivity contribution is 9.10. The van der Waals surface area contributed by atoms with Crippen molar-refractivity contribution in [2.75, 3.05) is 13.1 Å². The molecule has 7 heteroatoms. The maximum Gasteiger partial charge on any atom is 0.295 e. The molecule has 1 fully saturated rings. The normalized spacial score (nSPS) is 18.4. The van der Waals surface area contributed by atoms with Gasteiger partial charge in [-0.25, -0.2) is 0 Å². The summed E-state index contributed by atoms with van der Waals surface area (Å²) in [6.45, 7) is 1.74. The van der Waals surface area contributed by atoms with Gasteiger partial charge in [0.05, 0.1) is 11.6 Å². The van der Waals surface area contributed by atoms with Crippen molar-refractivity contribution in [3.05, 3.63) is 75.8 Å². The van der Waals surface area contributed by atoms with Gasteiger partial charge < -0.3 is 15.3 Å². The van der Waals surface area contributed by atoms with Crippen LogP contribution in [0.3, 0.4) is 0 Å². The number of likely N-dealkylation sites (tertiary alicyclic amines) is 1. The lowest BCUT2D eigenvalue weighted by Gasteiger charge is -2.25. The first-order valence-corrected chi connectivity index (χ1v) is 9.53. The highest BCUT2D eigenvalue weighted by Crippen LogP contribution is 2.39. The zero-order valence-electron chi connectivity index (χ0n) is 15.2. The van der Waals surface area contributed by atoms with E-state index < -0.39 is 17.7 Å². The number of aliphatic hydroxyl groups excluding tert-OH is 1. The number of benzene rings is 2. The number of carbonyl (C=O) groups is 3. The summed E-state index contributed by atoms with van der Waals surface area (Å²) >= 11 is 3.38. The maximum absolute atomic E-state index is 12.8. The summed E-state index contributed by atoms with van der Waals surface area (Å²) < 4.78 is 0.856. The number of rotatable bonds is 5. The quantitative estimate of drug-likeness (QED) is 0.423. The van der Waals surface area contributed by atoms with E-state index in [1.807, 2.05) is 12.1 Å². The Balaban J connectivity index is 2.08. The van der Waals surface area contributed by atoms with Crippen molar-refractivity contribution in [1.29, 1.82) is 0 Å². The van der Waals surface area contributed by atoms with Crippen LogP contribution in [-0.4, -0.2) is 40.7 Å². The van der Waals surface area contributed by atoms with Gasteiger partial charge in [0.15, 0.2) is 0 Å². The third-order valence-electron chi connectivity index (χ3n) is 4.50. The van der Waals surface area contributed by atoms with E-state index in [-0.39, 0.29) is 30.3 Å². The first-order chi connectivity index (χ1) is 13.4. The summed E-state index contributed by atoms with van der Waals surface area (Å²) in [6, 6.07) is 15.1. The third-order valence-corrected chi connectivity index (χ3v) is 5.03. The summed E-state index contributed by atoms with van der Waals surface area (Å²) in [7, 11) is 0. The van der Waals surface area contributed by atoms with Crippen LogP contribution in [0.1, 0.15) is 24.1 Å². The molecule has 0 radical (unpaired) electrons. The summed E-state index contributed by atoms with van der Waals surface area (Å²) in [4.78, 5) is 38.0. The van der Waals surface area contributed by atoms with Crippen LogP contribution >= 0.6 is 15.9 Å². The minimum absolute atomic E-state index is 0.0429. The van der Waals surface area contributed by atoms with Gasteiger partial charge in [-0.1, -0.05) is 58.4 Å². The zero-order chi connectivity index (χ0) is 20.3. The molecule has 2 N–H and O–H groups in total. The van der Waals surface area contributed by atoms with Gasteiger partial charge in [-0.05, 0) is 17.7 Å². The fourth-order valence-electron chi connectivity index (χ4n) is 3.21. The van der Waals surface area contributed by atoms with Gasteiger partial charge in [0.2, 0.25) is 5.91 Å². The topological polar surface area (TPSA) is 86.7 Å². The number of halogens is 1. The molecule has 2 amide bonds. The van der Waals surface area contributed by atoms with Crippen molar-refractivity contribution in [2.45, 2.75) is 13.0 Å². The second-order valence-electron chi connectivity index (χ2n) is 6.39. The summed E-state index contributed by atoms with van der Waals surface area (Å²) in [5, 5.41) is 13.5. The van der Waals surface area contributed by atoms with Crippen molar-refractivity contribution in [3.8, 4) is 0 Å². The van der Waals surface area contributed by atoms with Crippen molar-refractivity contribution >= 4 is 39.3 Å². The van der Waals surface area contributed by atoms with E-state index in [2.05, 4.69) is 21.2 Å². The van der Waals surface area contributed by atoms with Crippen molar-refractivity contribution in [1.82, 2.24) is 10.2 Å². The molecule has 0 aliphatic carbocycles. The summed E-state index contributed by atoms with van der Waals surface area (Å²) in [5.41, 5.74) is 1.20. The molecular formula is C21H19BrN2O4. The van der Waals surface area contributed by atoms with Crippen LogP contribution in [-0.2, 0) is 14.4 Å². The van der Waals surface area contributed by atoms with Crippen LogP contribution in [0.5, 0.6) is 0 Å². The molecule has 0 unspecified atom stereocenters. The molecule has 2 aromatic carbocycles. The molecule has 1 aliphatic rings. The largest absolute Gasteiger partial charge is 0.507 e. The molecule has 0 saturated carbocycles. The lowest BCUT2D eigenvalue weighted by Crippen LogP contribution is -2.37. The fraction of sp³-hybridized carbons (Fsp3) is 0.190. The molecule has 2 aromatic rings. The van der Waals surface area contributed by atoms with E-state index in [1.165, 1.54) is 11.8 Å². The van der Waals surface area contributed by atoms with E-state index in [9.17, 15) is 19.5 Å². The van der Waals surface area contributed by atoms with Crippen LogP contribution in [0.4, 0.5) is 0 Å². The molecule has 1 aliphatic heterocycles.